The largest absolute Gasteiger partial charge is 0.467 e. The van der Waals surface area contributed by atoms with Crippen molar-refractivity contribution in [3.63, 3.8) is 0 Å². The van der Waals surface area contributed by atoms with Crippen molar-refractivity contribution in [2.45, 2.75) is 56.8 Å². The minimum absolute atomic E-state index is 0.0422. The molecule has 37 heavy (non-hydrogen) atoms. The van der Waals surface area contributed by atoms with Crippen molar-refractivity contribution in [1.82, 2.24) is 20.6 Å². The van der Waals surface area contributed by atoms with Crippen LogP contribution >= 0.6 is 0 Å². The average molecular weight is 522 g/mol. The molecule has 1 aromatic carbocycles. The minimum Gasteiger partial charge on any atom is -0.467 e. The average Bonchev–Trinajstić information content (AvgIpc) is 2.87. The van der Waals surface area contributed by atoms with Gasteiger partial charge in [0, 0.05) is 41.7 Å². The van der Waals surface area contributed by atoms with E-state index in [4.69, 9.17) is 10.1 Å². The molecule has 1 heterocycles. The molecule has 1 aliphatic carbocycles. The van der Waals surface area contributed by atoms with Crippen LogP contribution in [0.5, 0.6) is 6.01 Å². The fraction of sp³-hybridized carbons (Fsp3) is 0.480. The fourth-order valence-corrected chi connectivity index (χ4v) is 4.37. The second-order valence-electron chi connectivity index (χ2n) is 9.22. The van der Waals surface area contributed by atoms with E-state index in [-0.39, 0.29) is 23.5 Å². The van der Waals surface area contributed by atoms with Gasteiger partial charge in [0.25, 0.3) is 5.91 Å². The van der Waals surface area contributed by atoms with Crippen LogP contribution in [0.2, 0.25) is 0 Å². The number of ether oxygens (including phenoxy) is 1. The van der Waals surface area contributed by atoms with Crippen molar-refractivity contribution >= 4 is 17.5 Å². The molecule has 1 atom stereocenters. The van der Waals surface area contributed by atoms with E-state index in [1.807, 2.05) is 0 Å². The normalized spacial score (nSPS) is 20.5. The third-order valence-corrected chi connectivity index (χ3v) is 6.45. The Hall–Kier alpha value is -3.54. The molecule has 2 aromatic rings. The van der Waals surface area contributed by atoms with Crippen LogP contribution in [-0.4, -0.2) is 52.3 Å². The zero-order valence-electron chi connectivity index (χ0n) is 20.6. The van der Waals surface area contributed by atoms with Gasteiger partial charge < -0.3 is 25.9 Å². The van der Waals surface area contributed by atoms with Crippen LogP contribution in [0.15, 0.2) is 36.7 Å². The Labute approximate surface area is 212 Å². The molecule has 1 aromatic heterocycles. The maximum absolute atomic E-state index is 12.8. The number of amides is 2. The topological polar surface area (TPSA) is 137 Å². The van der Waals surface area contributed by atoms with Crippen molar-refractivity contribution < 1.29 is 32.6 Å². The van der Waals surface area contributed by atoms with E-state index in [1.54, 1.807) is 19.3 Å². The molecule has 12 heteroatoms. The molecule has 0 saturated heterocycles. The highest BCUT2D eigenvalue weighted by molar-refractivity contribution is 5.96. The number of halogens is 3. The first kappa shape index (κ1) is 28.0. The van der Waals surface area contributed by atoms with Crippen LogP contribution in [0, 0.1) is 11.3 Å². The van der Waals surface area contributed by atoms with Crippen molar-refractivity contribution in [1.29, 1.82) is 5.41 Å². The van der Waals surface area contributed by atoms with Crippen molar-refractivity contribution in [3.8, 4) is 6.01 Å². The van der Waals surface area contributed by atoms with E-state index < -0.39 is 35.7 Å². The summed E-state index contributed by atoms with van der Waals surface area (Å²) in [7, 11) is 1.46. The van der Waals surface area contributed by atoms with Crippen LogP contribution in [0.1, 0.15) is 60.5 Å². The number of alkyl halides is 3. The lowest BCUT2D eigenvalue weighted by atomic mass is 9.74. The van der Waals surface area contributed by atoms with Gasteiger partial charge in [-0.05, 0) is 56.7 Å². The van der Waals surface area contributed by atoms with Crippen molar-refractivity contribution in [2.24, 2.45) is 5.92 Å². The summed E-state index contributed by atoms with van der Waals surface area (Å²) >= 11 is 0. The highest BCUT2D eigenvalue weighted by atomic mass is 19.4. The Morgan fingerprint density at radius 3 is 2.49 bits per heavy atom. The molecular weight excluding hydrogens is 491 g/mol. The summed E-state index contributed by atoms with van der Waals surface area (Å²) in [6, 6.07) is 3.78. The number of carbonyl (C=O) groups is 2. The van der Waals surface area contributed by atoms with Crippen LogP contribution in [0.25, 0.3) is 0 Å². The highest BCUT2D eigenvalue weighted by Gasteiger charge is 2.37. The first-order chi connectivity index (χ1) is 17.4. The van der Waals surface area contributed by atoms with Gasteiger partial charge in [0.05, 0.1) is 24.8 Å². The lowest BCUT2D eigenvalue weighted by molar-refractivity contribution is -0.137. The molecule has 4 N–H and O–H groups in total. The molecule has 200 valence electrons. The standard InChI is InChI=1S/C25H30F3N5O4/c1-15(33-21(34)14-30-22(35)17-4-3-5-18(11-17)25(26,27)28)10-20(29)16-6-8-24(36,9-7-16)19-12-31-23(37-2)32-13-19/h3-5,11-13,15-16,29,36H,6-10,14H2,1-2H3,(H,30,35)(H,33,34)/t15-,16?,24?/m1/s1. The number of nitrogens with zero attached hydrogens (tertiary/aromatic N) is 2. The molecule has 0 unspecified atom stereocenters. The predicted molar refractivity (Wildman–Crippen MR) is 128 cm³/mol. The Morgan fingerprint density at radius 1 is 1.24 bits per heavy atom. The van der Waals surface area contributed by atoms with Crippen molar-refractivity contribution in [3.05, 3.63) is 53.3 Å². The van der Waals surface area contributed by atoms with Gasteiger partial charge >= 0.3 is 12.2 Å². The molecule has 0 bridgehead atoms. The lowest BCUT2D eigenvalue weighted by Gasteiger charge is -2.36. The monoisotopic (exact) mass is 521 g/mol. The summed E-state index contributed by atoms with van der Waals surface area (Å²) in [5, 5.41) is 24.5. The fourth-order valence-electron chi connectivity index (χ4n) is 4.37. The molecule has 1 fully saturated rings. The molecule has 9 nitrogen and oxygen atoms in total. The van der Waals surface area contributed by atoms with E-state index >= 15 is 0 Å². The molecule has 0 spiro atoms. The Balaban J connectivity index is 1.43. The molecule has 3 rings (SSSR count). The van der Waals surface area contributed by atoms with Crippen LogP contribution < -0.4 is 15.4 Å². The van der Waals surface area contributed by atoms with Gasteiger partial charge in [0.1, 0.15) is 0 Å². The summed E-state index contributed by atoms with van der Waals surface area (Å²) in [5.74, 6) is -1.35. The number of methoxy groups -OCH3 is 1. The minimum atomic E-state index is -4.57. The van der Waals surface area contributed by atoms with Crippen LogP contribution in [-0.2, 0) is 16.6 Å². The third-order valence-electron chi connectivity index (χ3n) is 6.45. The zero-order valence-corrected chi connectivity index (χ0v) is 20.6. The summed E-state index contributed by atoms with van der Waals surface area (Å²) < 4.78 is 43.4. The Bertz CT molecular complexity index is 1120. The summed E-state index contributed by atoms with van der Waals surface area (Å²) in [6.07, 6.45) is 0.874. The van der Waals surface area contributed by atoms with Gasteiger partial charge in [0.15, 0.2) is 0 Å². The zero-order chi connectivity index (χ0) is 27.2. The van der Waals surface area contributed by atoms with E-state index in [2.05, 4.69) is 20.6 Å². The predicted octanol–water partition coefficient (Wildman–Crippen LogP) is 3.23. The highest BCUT2D eigenvalue weighted by Crippen LogP contribution is 2.40. The number of rotatable bonds is 9. The lowest BCUT2D eigenvalue weighted by Crippen LogP contribution is -2.42. The first-order valence-electron chi connectivity index (χ1n) is 11.8. The van der Waals surface area contributed by atoms with Crippen LogP contribution in [0.3, 0.4) is 0 Å². The molecule has 2 amide bonds. The van der Waals surface area contributed by atoms with Gasteiger partial charge in [-0.1, -0.05) is 6.07 Å². The Morgan fingerprint density at radius 2 is 1.89 bits per heavy atom. The number of aromatic nitrogens is 2. The van der Waals surface area contributed by atoms with Crippen LogP contribution in [0.4, 0.5) is 13.2 Å². The number of hydrogen-bond acceptors (Lipinski definition) is 7. The molecule has 0 aliphatic heterocycles. The molecule has 1 aliphatic rings. The Kier molecular flexibility index (Phi) is 8.85. The number of nitrogens with one attached hydrogen (secondary N) is 3. The maximum atomic E-state index is 12.8. The number of benzene rings is 1. The van der Waals surface area contributed by atoms with E-state index in [0.29, 0.717) is 43.4 Å². The maximum Gasteiger partial charge on any atom is 0.416 e. The summed E-state index contributed by atoms with van der Waals surface area (Å²) in [4.78, 5) is 32.5. The quantitative estimate of drug-likeness (QED) is 0.374. The van der Waals surface area contributed by atoms with Gasteiger partial charge in [-0.2, -0.15) is 13.2 Å². The second-order valence-corrected chi connectivity index (χ2v) is 9.22. The summed E-state index contributed by atoms with van der Waals surface area (Å²) in [6.45, 7) is 1.32. The first-order valence-corrected chi connectivity index (χ1v) is 11.8. The second kappa shape index (κ2) is 11.7. The molecule has 1 saturated carbocycles. The van der Waals surface area contributed by atoms with E-state index in [0.717, 1.165) is 18.2 Å². The van der Waals surface area contributed by atoms with Gasteiger partial charge in [0.2, 0.25) is 5.91 Å². The number of carbonyl (C=O) groups excluding carboxylic acids is 2. The van der Waals surface area contributed by atoms with Gasteiger partial charge in [-0.15, -0.1) is 0 Å². The molecule has 0 radical (unpaired) electrons. The SMILES string of the molecule is COc1ncc(C2(O)CCC(C(=N)C[C@@H](C)NC(=O)CNC(=O)c3cccc(C(F)(F)F)c3)CC2)cn1. The van der Waals surface area contributed by atoms with Gasteiger partial charge in [-0.25, -0.2) is 9.97 Å². The van der Waals surface area contributed by atoms with E-state index in [9.17, 15) is 27.9 Å². The number of hydrogen-bond donors (Lipinski definition) is 4. The van der Waals surface area contributed by atoms with E-state index in [1.165, 1.54) is 13.2 Å². The molecular formula is C25H30F3N5O4. The third kappa shape index (κ3) is 7.48. The van der Waals surface area contributed by atoms with Crippen molar-refractivity contribution in [2.75, 3.05) is 13.7 Å². The smallest absolute Gasteiger partial charge is 0.416 e. The summed E-state index contributed by atoms with van der Waals surface area (Å²) in [5.41, 5.74) is -1.16. The van der Waals surface area contributed by atoms with Gasteiger partial charge in [-0.3, -0.25) is 9.59 Å². The number of aliphatic hydroxyl groups is 1.